The molecule has 0 unspecified atom stereocenters. The molecule has 2 N–H and O–H groups in total. The van der Waals surface area contributed by atoms with Gasteiger partial charge in [-0.1, -0.05) is 4.98 Å². The molecule has 2 rings (SSSR count). The number of fused-ring (bicyclic) bond motifs is 1. The van der Waals surface area contributed by atoms with Crippen LogP contribution in [0.5, 0.6) is 0 Å². The van der Waals surface area contributed by atoms with E-state index in [0.29, 0.717) is 21.9 Å². The highest BCUT2D eigenvalue weighted by molar-refractivity contribution is 6.34. The molecule has 66 valence electrons. The fourth-order valence-electron chi connectivity index (χ4n) is 1.26. The van der Waals surface area contributed by atoms with Gasteiger partial charge in [0.15, 0.2) is 6.29 Å². The van der Waals surface area contributed by atoms with E-state index in [4.69, 9.17) is 11.6 Å². The van der Waals surface area contributed by atoms with Gasteiger partial charge in [0.1, 0.15) is 5.39 Å². The molecule has 0 radical (unpaired) electrons. The first-order valence-electron chi connectivity index (χ1n) is 3.74. The van der Waals surface area contributed by atoms with Crippen molar-refractivity contribution in [3.05, 3.63) is 22.7 Å². The number of aromatic amines is 2. The summed E-state index contributed by atoms with van der Waals surface area (Å²) in [7, 11) is 0. The van der Waals surface area contributed by atoms with Gasteiger partial charge in [-0.3, -0.25) is 9.78 Å². The molecule has 2 aromatic rings. The smallest absolute Gasteiger partial charge is 0.236 e. The third-order valence-electron chi connectivity index (χ3n) is 1.82. The first-order chi connectivity index (χ1) is 6.22. The number of H-pyrrole nitrogens is 2. The number of aryl methyl sites for hydroxylation is 1. The van der Waals surface area contributed by atoms with Crippen LogP contribution in [0.25, 0.3) is 11.0 Å². The van der Waals surface area contributed by atoms with Crippen molar-refractivity contribution in [1.29, 1.82) is 0 Å². The third kappa shape index (κ3) is 1.19. The Balaban J connectivity index is 2.89. The highest BCUT2D eigenvalue weighted by Crippen LogP contribution is 2.20. The number of nitrogens with one attached hydrogen (secondary N) is 2. The molecule has 2 heterocycles. The van der Waals surface area contributed by atoms with E-state index < -0.39 is 0 Å². The average Bonchev–Trinajstić information content (AvgIpc) is 2.47. The Hall–Kier alpha value is -1.42. The summed E-state index contributed by atoms with van der Waals surface area (Å²) in [5.74, 6) is 0.705. The van der Waals surface area contributed by atoms with Crippen LogP contribution in [-0.2, 0) is 0 Å². The number of aromatic nitrogens is 3. The predicted octanol–water partition coefficient (Wildman–Crippen LogP) is 1.15. The van der Waals surface area contributed by atoms with Crippen LogP contribution in [0, 0.1) is 6.92 Å². The van der Waals surface area contributed by atoms with Crippen LogP contribution in [-0.4, -0.2) is 16.3 Å². The molecular weight excluding hydrogens is 190 g/mol. The Morgan fingerprint density at radius 3 is 3.15 bits per heavy atom. The summed E-state index contributed by atoms with van der Waals surface area (Å²) in [5, 5.41) is 0.983. The third-order valence-corrected chi connectivity index (χ3v) is 2.09. The lowest BCUT2D eigenvalue weighted by atomic mass is 10.3. The molecule has 0 aliphatic carbocycles. The molecule has 0 aliphatic heterocycles. The molecular formula is C8H7ClN3O+. The zero-order valence-corrected chi connectivity index (χ0v) is 7.64. The minimum Gasteiger partial charge on any atom is -0.298 e. The van der Waals surface area contributed by atoms with Gasteiger partial charge in [0.25, 0.3) is 0 Å². The quantitative estimate of drug-likeness (QED) is 0.550. The molecule has 4 nitrogen and oxygen atoms in total. The standard InChI is InChI=1S/C8H6ClN3O/c1-4-11-7(9)6-5(3-13)2-10-8(6)12-4/h2-3H,1H3,(H,10,11,12)/p+1. The summed E-state index contributed by atoms with van der Waals surface area (Å²) in [6.45, 7) is 1.80. The van der Waals surface area contributed by atoms with Crippen molar-refractivity contribution in [3.8, 4) is 0 Å². The number of hydrogen-bond donors (Lipinski definition) is 1. The molecule has 0 fully saturated rings. The second kappa shape index (κ2) is 2.81. The Kier molecular flexibility index (Phi) is 1.77. The molecule has 5 heteroatoms. The topological polar surface area (TPSA) is 59.9 Å². The van der Waals surface area contributed by atoms with Crippen LogP contribution >= 0.6 is 11.6 Å². The number of rotatable bonds is 1. The molecule has 0 bridgehead atoms. The van der Waals surface area contributed by atoms with Gasteiger partial charge < -0.3 is 0 Å². The molecule has 0 saturated carbocycles. The molecule has 0 spiro atoms. The normalized spacial score (nSPS) is 10.6. The van der Waals surface area contributed by atoms with E-state index in [-0.39, 0.29) is 0 Å². The largest absolute Gasteiger partial charge is 0.298 e. The van der Waals surface area contributed by atoms with Gasteiger partial charge in [-0.2, -0.15) is 0 Å². The van der Waals surface area contributed by atoms with Crippen LogP contribution in [0.3, 0.4) is 0 Å². The first-order valence-corrected chi connectivity index (χ1v) is 4.12. The van der Waals surface area contributed by atoms with Crippen molar-refractivity contribution in [3.63, 3.8) is 0 Å². The molecule has 0 saturated heterocycles. The molecule has 0 aromatic carbocycles. The Bertz CT molecular complexity index is 477. The van der Waals surface area contributed by atoms with Crippen molar-refractivity contribution in [1.82, 2.24) is 9.97 Å². The zero-order chi connectivity index (χ0) is 9.42. The number of hydrogen-bond acceptors (Lipinski definition) is 2. The summed E-state index contributed by atoms with van der Waals surface area (Å²) >= 11 is 5.88. The maximum Gasteiger partial charge on any atom is 0.236 e. The van der Waals surface area contributed by atoms with Crippen LogP contribution < -0.4 is 4.98 Å². The lowest BCUT2D eigenvalue weighted by Crippen LogP contribution is -2.11. The van der Waals surface area contributed by atoms with Crippen molar-refractivity contribution in [2.75, 3.05) is 0 Å². The first kappa shape index (κ1) is 8.19. The van der Waals surface area contributed by atoms with E-state index >= 15 is 0 Å². The van der Waals surface area contributed by atoms with Gasteiger partial charge in [0.05, 0.1) is 11.8 Å². The van der Waals surface area contributed by atoms with Gasteiger partial charge >= 0.3 is 0 Å². The van der Waals surface area contributed by atoms with Gasteiger partial charge in [-0.15, -0.1) is 0 Å². The average molecular weight is 197 g/mol. The lowest BCUT2D eigenvalue weighted by Gasteiger charge is -1.89. The maximum atomic E-state index is 10.6. The van der Waals surface area contributed by atoms with Gasteiger partial charge in [0, 0.05) is 6.92 Å². The number of halogens is 1. The summed E-state index contributed by atoms with van der Waals surface area (Å²) in [5.41, 5.74) is 1.24. The minimum atomic E-state index is 0.342. The van der Waals surface area contributed by atoms with E-state index in [1.165, 1.54) is 0 Å². The van der Waals surface area contributed by atoms with Gasteiger partial charge in [0.2, 0.25) is 16.6 Å². The molecule has 0 aliphatic rings. The minimum absolute atomic E-state index is 0.342. The van der Waals surface area contributed by atoms with E-state index in [1.54, 1.807) is 13.1 Å². The van der Waals surface area contributed by atoms with E-state index in [0.717, 1.165) is 11.9 Å². The van der Waals surface area contributed by atoms with Crippen LogP contribution in [0.4, 0.5) is 0 Å². The lowest BCUT2D eigenvalue weighted by molar-refractivity contribution is -0.362. The van der Waals surface area contributed by atoms with Crippen LogP contribution in [0.2, 0.25) is 5.15 Å². The Morgan fingerprint density at radius 2 is 2.46 bits per heavy atom. The van der Waals surface area contributed by atoms with Crippen molar-refractivity contribution in [2.24, 2.45) is 0 Å². The summed E-state index contributed by atoms with van der Waals surface area (Å²) in [6.07, 6.45) is 2.34. The van der Waals surface area contributed by atoms with Crippen molar-refractivity contribution < 1.29 is 9.78 Å². The van der Waals surface area contributed by atoms with Crippen LogP contribution in [0.1, 0.15) is 16.2 Å². The zero-order valence-electron chi connectivity index (χ0n) is 6.89. The SMILES string of the molecule is Cc1nc(Cl)c2c(C=O)c[nH]c2[nH+]1. The van der Waals surface area contributed by atoms with E-state index in [2.05, 4.69) is 15.0 Å². The Labute approximate surface area is 79.0 Å². The summed E-state index contributed by atoms with van der Waals surface area (Å²) in [6, 6.07) is 0. The fourth-order valence-corrected chi connectivity index (χ4v) is 1.59. The maximum absolute atomic E-state index is 10.6. The van der Waals surface area contributed by atoms with Gasteiger partial charge in [-0.25, -0.2) is 4.98 Å². The second-order valence-corrected chi connectivity index (χ2v) is 3.08. The molecule has 13 heavy (non-hydrogen) atoms. The summed E-state index contributed by atoms with van der Waals surface area (Å²) in [4.78, 5) is 20.5. The second-order valence-electron chi connectivity index (χ2n) is 2.72. The van der Waals surface area contributed by atoms with Gasteiger partial charge in [-0.05, 0) is 11.6 Å². The molecule has 0 atom stereocenters. The highest BCUT2D eigenvalue weighted by Gasteiger charge is 2.15. The summed E-state index contributed by atoms with van der Waals surface area (Å²) < 4.78 is 0. The fraction of sp³-hybridized carbons (Fsp3) is 0.125. The van der Waals surface area contributed by atoms with Crippen LogP contribution in [0.15, 0.2) is 6.20 Å². The van der Waals surface area contributed by atoms with E-state index in [1.807, 2.05) is 0 Å². The monoisotopic (exact) mass is 196 g/mol. The highest BCUT2D eigenvalue weighted by atomic mass is 35.5. The molecule has 0 amide bonds. The number of aldehydes is 1. The van der Waals surface area contributed by atoms with Crippen molar-refractivity contribution in [2.45, 2.75) is 6.92 Å². The number of carbonyl (C=O) groups excluding carboxylic acids is 1. The number of nitrogens with zero attached hydrogens (tertiary/aromatic N) is 1. The molecule has 2 aromatic heterocycles. The number of carbonyl (C=O) groups is 1. The Morgan fingerprint density at radius 1 is 1.69 bits per heavy atom. The van der Waals surface area contributed by atoms with Crippen molar-refractivity contribution >= 4 is 28.9 Å². The van der Waals surface area contributed by atoms with E-state index in [9.17, 15) is 4.79 Å². The predicted molar refractivity (Wildman–Crippen MR) is 47.8 cm³/mol.